The molecule has 0 fully saturated rings. The van der Waals surface area contributed by atoms with Crippen LogP contribution in [0.1, 0.15) is 23.1 Å². The SMILES string of the molecule is CNC(c1ccccc1)c1nnc(-c2ncccc2C)o1. The Labute approximate surface area is 123 Å². The quantitative estimate of drug-likeness (QED) is 0.796. The van der Waals surface area contributed by atoms with E-state index in [1.807, 2.05) is 56.4 Å². The predicted octanol–water partition coefficient (Wildman–Crippen LogP) is 2.75. The minimum Gasteiger partial charge on any atom is -0.417 e. The van der Waals surface area contributed by atoms with Crippen LogP contribution >= 0.6 is 0 Å². The summed E-state index contributed by atoms with van der Waals surface area (Å²) in [7, 11) is 1.87. The average molecular weight is 280 g/mol. The third kappa shape index (κ3) is 2.68. The van der Waals surface area contributed by atoms with Crippen LogP contribution in [0.15, 0.2) is 53.1 Å². The molecule has 0 aliphatic carbocycles. The number of nitrogens with one attached hydrogen (secondary N) is 1. The summed E-state index contributed by atoms with van der Waals surface area (Å²) >= 11 is 0. The molecule has 0 aliphatic heterocycles. The van der Waals surface area contributed by atoms with Crippen molar-refractivity contribution in [2.45, 2.75) is 13.0 Å². The maximum absolute atomic E-state index is 5.81. The molecule has 0 bridgehead atoms. The van der Waals surface area contributed by atoms with Crippen LogP contribution in [0.3, 0.4) is 0 Å². The lowest BCUT2D eigenvalue weighted by Gasteiger charge is -2.11. The Hall–Kier alpha value is -2.53. The first-order chi connectivity index (χ1) is 10.3. The lowest BCUT2D eigenvalue weighted by Crippen LogP contribution is -2.17. The second-order valence-electron chi connectivity index (χ2n) is 4.75. The molecule has 1 N–H and O–H groups in total. The number of rotatable bonds is 4. The summed E-state index contributed by atoms with van der Waals surface area (Å²) in [6.45, 7) is 1.97. The number of pyridine rings is 1. The van der Waals surface area contributed by atoms with Crippen molar-refractivity contribution in [3.63, 3.8) is 0 Å². The van der Waals surface area contributed by atoms with Crippen molar-refractivity contribution in [1.82, 2.24) is 20.5 Å². The molecule has 2 aromatic heterocycles. The number of aromatic nitrogens is 3. The van der Waals surface area contributed by atoms with Gasteiger partial charge in [0, 0.05) is 6.20 Å². The van der Waals surface area contributed by atoms with Crippen LogP contribution in [0.5, 0.6) is 0 Å². The largest absolute Gasteiger partial charge is 0.417 e. The number of benzene rings is 1. The lowest BCUT2D eigenvalue weighted by molar-refractivity contribution is 0.455. The minimum absolute atomic E-state index is 0.128. The summed E-state index contributed by atoms with van der Waals surface area (Å²) in [5.74, 6) is 0.975. The first kappa shape index (κ1) is 13.5. The van der Waals surface area contributed by atoms with Gasteiger partial charge in [-0.1, -0.05) is 36.4 Å². The van der Waals surface area contributed by atoms with E-state index in [9.17, 15) is 0 Å². The molecule has 0 amide bonds. The van der Waals surface area contributed by atoms with Crippen LogP contribution in [0, 0.1) is 6.92 Å². The van der Waals surface area contributed by atoms with Crippen LogP contribution in [-0.4, -0.2) is 22.2 Å². The molecule has 0 saturated heterocycles. The summed E-state index contributed by atoms with van der Waals surface area (Å²) in [4.78, 5) is 4.30. The molecule has 3 rings (SSSR count). The fourth-order valence-electron chi connectivity index (χ4n) is 2.23. The van der Waals surface area contributed by atoms with Gasteiger partial charge >= 0.3 is 0 Å². The maximum atomic E-state index is 5.81. The molecular formula is C16H16N4O. The second kappa shape index (κ2) is 5.85. The summed E-state index contributed by atoms with van der Waals surface area (Å²) in [6.07, 6.45) is 1.72. The van der Waals surface area contributed by atoms with Gasteiger partial charge in [0.2, 0.25) is 5.89 Å². The topological polar surface area (TPSA) is 63.8 Å². The molecule has 5 nitrogen and oxygen atoms in total. The van der Waals surface area contributed by atoms with Crippen LogP contribution in [0.2, 0.25) is 0 Å². The normalized spacial score (nSPS) is 12.3. The van der Waals surface area contributed by atoms with Crippen molar-refractivity contribution in [3.8, 4) is 11.6 Å². The van der Waals surface area contributed by atoms with Gasteiger partial charge in [-0.15, -0.1) is 10.2 Å². The van der Waals surface area contributed by atoms with E-state index < -0.39 is 0 Å². The van der Waals surface area contributed by atoms with Gasteiger partial charge in [-0.05, 0) is 31.2 Å². The highest BCUT2D eigenvalue weighted by molar-refractivity contribution is 5.51. The predicted molar refractivity (Wildman–Crippen MR) is 79.6 cm³/mol. The minimum atomic E-state index is -0.128. The summed E-state index contributed by atoms with van der Waals surface area (Å²) < 4.78 is 5.81. The van der Waals surface area contributed by atoms with E-state index in [1.165, 1.54) is 0 Å². The van der Waals surface area contributed by atoms with E-state index in [2.05, 4.69) is 20.5 Å². The first-order valence-electron chi connectivity index (χ1n) is 6.77. The van der Waals surface area contributed by atoms with Crippen molar-refractivity contribution in [1.29, 1.82) is 0 Å². The molecule has 3 aromatic rings. The van der Waals surface area contributed by atoms with E-state index in [0.29, 0.717) is 11.8 Å². The number of hydrogen-bond donors (Lipinski definition) is 1. The fourth-order valence-corrected chi connectivity index (χ4v) is 2.23. The fraction of sp³-hybridized carbons (Fsp3) is 0.188. The molecule has 0 aliphatic rings. The first-order valence-corrected chi connectivity index (χ1v) is 6.77. The van der Waals surface area contributed by atoms with E-state index in [0.717, 1.165) is 16.8 Å². The molecule has 5 heteroatoms. The summed E-state index contributed by atoms with van der Waals surface area (Å²) in [5, 5.41) is 11.5. The Balaban J connectivity index is 1.96. The number of aryl methyl sites for hydroxylation is 1. The monoisotopic (exact) mass is 280 g/mol. The van der Waals surface area contributed by atoms with Gasteiger partial charge in [0.25, 0.3) is 5.89 Å². The standard InChI is InChI=1S/C16H16N4O/c1-11-7-6-10-18-13(11)15-19-20-16(21-15)14(17-2)12-8-4-3-5-9-12/h3-10,14,17H,1-2H3. The molecule has 1 unspecified atom stereocenters. The van der Waals surface area contributed by atoms with Gasteiger partial charge in [0.05, 0.1) is 0 Å². The van der Waals surface area contributed by atoms with Crippen molar-refractivity contribution in [2.24, 2.45) is 0 Å². The number of nitrogens with zero attached hydrogens (tertiary/aromatic N) is 3. The molecule has 21 heavy (non-hydrogen) atoms. The Kier molecular flexibility index (Phi) is 3.75. The van der Waals surface area contributed by atoms with Gasteiger partial charge < -0.3 is 9.73 Å². The molecule has 1 atom stereocenters. The van der Waals surface area contributed by atoms with Crippen molar-refractivity contribution in [3.05, 3.63) is 65.7 Å². The Bertz CT molecular complexity index is 724. The Morgan fingerprint density at radius 2 is 1.86 bits per heavy atom. The summed E-state index contributed by atoms with van der Waals surface area (Å²) in [5.41, 5.74) is 2.81. The zero-order chi connectivity index (χ0) is 14.7. The van der Waals surface area contributed by atoms with Crippen LogP contribution in [0.4, 0.5) is 0 Å². The molecule has 106 valence electrons. The molecule has 0 spiro atoms. The Morgan fingerprint density at radius 3 is 2.57 bits per heavy atom. The van der Waals surface area contributed by atoms with E-state index >= 15 is 0 Å². The smallest absolute Gasteiger partial charge is 0.266 e. The second-order valence-corrected chi connectivity index (χ2v) is 4.75. The van der Waals surface area contributed by atoms with Crippen molar-refractivity contribution < 1.29 is 4.42 Å². The van der Waals surface area contributed by atoms with Crippen molar-refractivity contribution in [2.75, 3.05) is 7.05 Å². The molecule has 0 saturated carbocycles. The van der Waals surface area contributed by atoms with Crippen LogP contribution in [-0.2, 0) is 0 Å². The van der Waals surface area contributed by atoms with Gasteiger partial charge in [-0.2, -0.15) is 0 Å². The van der Waals surface area contributed by atoms with E-state index in [-0.39, 0.29) is 6.04 Å². The lowest BCUT2D eigenvalue weighted by atomic mass is 10.1. The van der Waals surface area contributed by atoms with Gasteiger partial charge in [0.15, 0.2) is 0 Å². The highest BCUT2D eigenvalue weighted by Crippen LogP contribution is 2.24. The van der Waals surface area contributed by atoms with Gasteiger partial charge in [-0.25, -0.2) is 0 Å². The third-order valence-corrected chi connectivity index (χ3v) is 3.32. The van der Waals surface area contributed by atoms with Crippen LogP contribution in [0.25, 0.3) is 11.6 Å². The zero-order valence-corrected chi connectivity index (χ0v) is 11.9. The van der Waals surface area contributed by atoms with E-state index in [1.54, 1.807) is 6.20 Å². The highest BCUT2D eigenvalue weighted by Gasteiger charge is 2.20. The number of hydrogen-bond acceptors (Lipinski definition) is 5. The molecule has 2 heterocycles. The highest BCUT2D eigenvalue weighted by atomic mass is 16.4. The van der Waals surface area contributed by atoms with Crippen molar-refractivity contribution >= 4 is 0 Å². The van der Waals surface area contributed by atoms with Gasteiger partial charge in [-0.3, -0.25) is 4.98 Å². The maximum Gasteiger partial charge on any atom is 0.266 e. The third-order valence-electron chi connectivity index (χ3n) is 3.32. The van der Waals surface area contributed by atoms with Gasteiger partial charge in [0.1, 0.15) is 11.7 Å². The summed E-state index contributed by atoms with van der Waals surface area (Å²) in [6, 6.07) is 13.7. The van der Waals surface area contributed by atoms with Crippen LogP contribution < -0.4 is 5.32 Å². The Morgan fingerprint density at radius 1 is 1.05 bits per heavy atom. The molecule has 0 radical (unpaired) electrons. The zero-order valence-electron chi connectivity index (χ0n) is 11.9. The van der Waals surface area contributed by atoms with E-state index in [4.69, 9.17) is 4.42 Å². The molecular weight excluding hydrogens is 264 g/mol. The molecule has 1 aromatic carbocycles. The average Bonchev–Trinajstić information content (AvgIpc) is 2.99.